The molecule has 0 radical (unpaired) electrons. The summed E-state index contributed by atoms with van der Waals surface area (Å²) in [4.78, 5) is 14.9. The zero-order chi connectivity index (χ0) is 12.5. The van der Waals surface area contributed by atoms with Crippen molar-refractivity contribution in [1.29, 1.82) is 0 Å². The van der Waals surface area contributed by atoms with Crippen molar-refractivity contribution < 1.29 is 31.6 Å². The van der Waals surface area contributed by atoms with Crippen molar-refractivity contribution in [3.8, 4) is 0 Å². The molecule has 0 atom stereocenters. The average Bonchev–Trinajstić information content (AvgIpc) is 2.24. The van der Waals surface area contributed by atoms with Crippen LogP contribution in [0.15, 0.2) is 0 Å². The van der Waals surface area contributed by atoms with Gasteiger partial charge >= 0.3 is 0 Å². The predicted molar refractivity (Wildman–Crippen MR) is 40.7 cm³/mol. The molecular formula is C8H4F5NO2. The minimum absolute atomic E-state index is 0.934. The summed E-state index contributed by atoms with van der Waals surface area (Å²) in [5, 5.41) is 0. The van der Waals surface area contributed by atoms with Crippen molar-refractivity contribution in [3.63, 3.8) is 0 Å². The Morgan fingerprint density at radius 2 is 1.31 bits per heavy atom. The lowest BCUT2D eigenvalue weighted by atomic mass is 10.1. The van der Waals surface area contributed by atoms with Gasteiger partial charge in [0.15, 0.2) is 23.3 Å². The van der Waals surface area contributed by atoms with Gasteiger partial charge in [-0.3, -0.25) is 9.63 Å². The van der Waals surface area contributed by atoms with Crippen LogP contribution in [0.25, 0.3) is 0 Å². The Balaban J connectivity index is 3.45. The van der Waals surface area contributed by atoms with Crippen LogP contribution < -0.4 is 5.48 Å². The Bertz CT molecular complexity index is 420. The third kappa shape index (κ3) is 1.83. The molecule has 0 aliphatic rings. The number of hydrogen-bond acceptors (Lipinski definition) is 2. The van der Waals surface area contributed by atoms with Crippen LogP contribution in [-0.2, 0) is 4.84 Å². The fourth-order valence-corrected chi connectivity index (χ4v) is 0.948. The summed E-state index contributed by atoms with van der Waals surface area (Å²) < 4.78 is 63.7. The Labute approximate surface area is 85.8 Å². The van der Waals surface area contributed by atoms with E-state index >= 15 is 0 Å². The van der Waals surface area contributed by atoms with Crippen LogP contribution in [-0.4, -0.2) is 13.0 Å². The standard InChI is InChI=1S/C8H4F5NO2/c1-16-14-8(15)2-3(9)5(11)7(13)6(12)4(2)10/h1H3,(H,14,15). The minimum Gasteiger partial charge on any atom is -0.277 e. The molecule has 0 spiro atoms. The van der Waals surface area contributed by atoms with Gasteiger partial charge in [-0.25, -0.2) is 27.4 Å². The number of amides is 1. The maximum Gasteiger partial charge on any atom is 0.281 e. The first-order chi connectivity index (χ1) is 7.41. The van der Waals surface area contributed by atoms with Gasteiger partial charge in [-0.2, -0.15) is 0 Å². The molecule has 0 aliphatic heterocycles. The summed E-state index contributed by atoms with van der Waals surface area (Å²) >= 11 is 0. The van der Waals surface area contributed by atoms with Gasteiger partial charge in [-0.05, 0) is 0 Å². The van der Waals surface area contributed by atoms with Gasteiger partial charge in [0.25, 0.3) is 5.91 Å². The Morgan fingerprint density at radius 3 is 1.69 bits per heavy atom. The van der Waals surface area contributed by atoms with Crippen LogP contribution in [0.5, 0.6) is 0 Å². The number of halogens is 5. The molecule has 0 saturated heterocycles. The van der Waals surface area contributed by atoms with Gasteiger partial charge in [-0.15, -0.1) is 0 Å². The lowest BCUT2D eigenvalue weighted by molar-refractivity contribution is 0.0526. The maximum atomic E-state index is 12.9. The highest BCUT2D eigenvalue weighted by Gasteiger charge is 2.29. The molecule has 0 heterocycles. The van der Waals surface area contributed by atoms with E-state index in [-0.39, 0.29) is 0 Å². The highest BCUT2D eigenvalue weighted by molar-refractivity contribution is 5.94. The number of carbonyl (C=O) groups is 1. The van der Waals surface area contributed by atoms with Crippen LogP contribution in [0.2, 0.25) is 0 Å². The normalized spacial score (nSPS) is 10.4. The molecule has 88 valence electrons. The number of rotatable bonds is 2. The molecule has 3 nitrogen and oxygen atoms in total. The van der Waals surface area contributed by atoms with E-state index in [1.165, 1.54) is 5.48 Å². The van der Waals surface area contributed by atoms with Crippen molar-refractivity contribution in [2.75, 3.05) is 7.11 Å². The molecule has 0 bridgehead atoms. The zero-order valence-corrected chi connectivity index (χ0v) is 7.71. The van der Waals surface area contributed by atoms with E-state index in [4.69, 9.17) is 0 Å². The Hall–Kier alpha value is -1.70. The lowest BCUT2D eigenvalue weighted by Gasteiger charge is -2.07. The number of hydroxylamine groups is 1. The lowest BCUT2D eigenvalue weighted by Crippen LogP contribution is -2.26. The van der Waals surface area contributed by atoms with Gasteiger partial charge in [0.2, 0.25) is 5.82 Å². The zero-order valence-electron chi connectivity index (χ0n) is 7.71. The van der Waals surface area contributed by atoms with Gasteiger partial charge in [0.05, 0.1) is 7.11 Å². The van der Waals surface area contributed by atoms with Crippen LogP contribution in [0.1, 0.15) is 10.4 Å². The summed E-state index contributed by atoms with van der Waals surface area (Å²) in [6.07, 6.45) is 0. The summed E-state index contributed by atoms with van der Waals surface area (Å²) in [5.74, 6) is -12.7. The monoisotopic (exact) mass is 241 g/mol. The van der Waals surface area contributed by atoms with Crippen molar-refractivity contribution in [3.05, 3.63) is 34.6 Å². The molecule has 1 rings (SSSR count). The molecular weight excluding hydrogens is 237 g/mol. The largest absolute Gasteiger partial charge is 0.281 e. The van der Waals surface area contributed by atoms with Crippen molar-refractivity contribution >= 4 is 5.91 Å². The van der Waals surface area contributed by atoms with Crippen molar-refractivity contribution in [2.45, 2.75) is 0 Å². The van der Waals surface area contributed by atoms with Crippen molar-refractivity contribution in [2.24, 2.45) is 0 Å². The van der Waals surface area contributed by atoms with E-state index in [2.05, 4.69) is 4.84 Å². The van der Waals surface area contributed by atoms with Crippen LogP contribution >= 0.6 is 0 Å². The molecule has 0 fully saturated rings. The first kappa shape index (κ1) is 12.4. The third-order valence-corrected chi connectivity index (χ3v) is 1.63. The molecule has 8 heteroatoms. The topological polar surface area (TPSA) is 38.3 Å². The second kappa shape index (κ2) is 4.44. The van der Waals surface area contributed by atoms with E-state index in [0.29, 0.717) is 0 Å². The molecule has 1 amide bonds. The SMILES string of the molecule is CONC(=O)c1c(F)c(F)c(F)c(F)c1F. The third-order valence-electron chi connectivity index (χ3n) is 1.63. The highest BCUT2D eigenvalue weighted by Crippen LogP contribution is 2.22. The van der Waals surface area contributed by atoms with Crippen LogP contribution in [0.4, 0.5) is 22.0 Å². The molecule has 0 aromatic heterocycles. The summed E-state index contributed by atoms with van der Waals surface area (Å²) in [6, 6.07) is 0. The van der Waals surface area contributed by atoms with Crippen molar-refractivity contribution in [1.82, 2.24) is 5.48 Å². The van der Waals surface area contributed by atoms with E-state index in [1.807, 2.05) is 0 Å². The van der Waals surface area contributed by atoms with E-state index in [1.54, 1.807) is 0 Å². The fraction of sp³-hybridized carbons (Fsp3) is 0.125. The van der Waals surface area contributed by atoms with Gasteiger partial charge in [0, 0.05) is 0 Å². The molecule has 0 saturated carbocycles. The smallest absolute Gasteiger partial charge is 0.277 e. The number of carbonyl (C=O) groups excluding carboxylic acids is 1. The predicted octanol–water partition coefficient (Wildman–Crippen LogP) is 1.67. The van der Waals surface area contributed by atoms with Gasteiger partial charge < -0.3 is 0 Å². The minimum atomic E-state index is -2.33. The summed E-state index contributed by atoms with van der Waals surface area (Å²) in [7, 11) is 0.934. The molecule has 1 aromatic carbocycles. The fourth-order valence-electron chi connectivity index (χ4n) is 0.948. The summed E-state index contributed by atoms with van der Waals surface area (Å²) in [6.45, 7) is 0. The van der Waals surface area contributed by atoms with E-state index < -0.39 is 40.6 Å². The van der Waals surface area contributed by atoms with Gasteiger partial charge in [-0.1, -0.05) is 0 Å². The molecule has 16 heavy (non-hydrogen) atoms. The summed E-state index contributed by atoms with van der Waals surface area (Å²) in [5.41, 5.74) is -0.156. The quantitative estimate of drug-likeness (QED) is 0.370. The maximum absolute atomic E-state index is 12.9. The second-order valence-corrected chi connectivity index (χ2v) is 2.58. The Kier molecular flexibility index (Phi) is 3.43. The Morgan fingerprint density at radius 1 is 0.938 bits per heavy atom. The molecule has 1 aromatic rings. The van der Waals surface area contributed by atoms with E-state index in [0.717, 1.165) is 7.11 Å². The highest BCUT2D eigenvalue weighted by atomic mass is 19.2. The van der Waals surface area contributed by atoms with Crippen LogP contribution in [0.3, 0.4) is 0 Å². The second-order valence-electron chi connectivity index (χ2n) is 2.58. The molecule has 0 aliphatic carbocycles. The average molecular weight is 241 g/mol. The number of benzene rings is 1. The number of nitrogens with one attached hydrogen (secondary N) is 1. The van der Waals surface area contributed by atoms with Gasteiger partial charge in [0.1, 0.15) is 5.56 Å². The number of hydrogen-bond donors (Lipinski definition) is 1. The molecule has 0 unspecified atom stereocenters. The first-order valence-electron chi connectivity index (χ1n) is 3.76. The first-order valence-corrected chi connectivity index (χ1v) is 3.76. The molecule has 1 N–H and O–H groups in total. The van der Waals surface area contributed by atoms with Crippen LogP contribution in [0, 0.1) is 29.1 Å². The van der Waals surface area contributed by atoms with E-state index in [9.17, 15) is 26.7 Å².